The van der Waals surface area contributed by atoms with E-state index in [0.717, 1.165) is 17.8 Å². The molecule has 0 saturated carbocycles. The Bertz CT molecular complexity index is 1170. The molecule has 154 valence electrons. The van der Waals surface area contributed by atoms with Gasteiger partial charge in [-0.1, -0.05) is 11.6 Å². The summed E-state index contributed by atoms with van der Waals surface area (Å²) in [7, 11) is 1.24. The zero-order chi connectivity index (χ0) is 23.8. The number of carbonyl (C=O) groups excluding carboxylic acids is 1. The number of anilines is 2. The van der Waals surface area contributed by atoms with Crippen molar-refractivity contribution in [3.63, 3.8) is 0 Å². The minimum atomic E-state index is -4.57. The molecule has 2 N–H and O–H groups in total. The third kappa shape index (κ3) is 3.90. The van der Waals surface area contributed by atoms with Crippen molar-refractivity contribution in [1.29, 1.82) is 0 Å². The van der Waals surface area contributed by atoms with Gasteiger partial charge >= 0.3 is 6.18 Å². The quantitative estimate of drug-likeness (QED) is 0.598. The van der Waals surface area contributed by atoms with Gasteiger partial charge in [-0.15, -0.1) is 0 Å². The molecule has 0 bridgehead atoms. The fraction of sp³-hybridized carbons (Fsp3) is 0.294. The van der Waals surface area contributed by atoms with E-state index in [1.807, 2.05) is 5.32 Å². The van der Waals surface area contributed by atoms with Gasteiger partial charge in [0.2, 0.25) is 0 Å². The molecule has 8 nitrogen and oxygen atoms in total. The van der Waals surface area contributed by atoms with Crippen molar-refractivity contribution in [3.8, 4) is 5.75 Å². The number of methoxy groups -OCH3 is 1. The standard InChI is InChI=1S/C17H16ClF3N6O2/c1-8(17(19,20)21)27-13-9(6-25-27)5-24-15(14(13)29-3)26-11-4-12(18)23-7-10(11)16(28)22-2/h4-8H,1-3H3,(H,22,28)(H,23,24,26)/i2D3. The van der Waals surface area contributed by atoms with Crippen molar-refractivity contribution in [2.45, 2.75) is 19.1 Å². The normalized spacial score (nSPS) is 14.6. The molecule has 1 unspecified atom stereocenters. The molecule has 12 heteroatoms. The lowest BCUT2D eigenvalue weighted by atomic mass is 10.2. The highest BCUT2D eigenvalue weighted by molar-refractivity contribution is 6.29. The van der Waals surface area contributed by atoms with E-state index >= 15 is 0 Å². The van der Waals surface area contributed by atoms with Crippen LogP contribution in [-0.2, 0) is 0 Å². The van der Waals surface area contributed by atoms with Crippen LogP contribution in [0.2, 0.25) is 5.15 Å². The minimum absolute atomic E-state index is 0.00633. The molecule has 0 radical (unpaired) electrons. The molecule has 29 heavy (non-hydrogen) atoms. The highest BCUT2D eigenvalue weighted by atomic mass is 35.5. The number of aromatic nitrogens is 4. The smallest absolute Gasteiger partial charge is 0.410 e. The van der Waals surface area contributed by atoms with E-state index in [2.05, 4.69) is 20.4 Å². The predicted molar refractivity (Wildman–Crippen MR) is 101 cm³/mol. The van der Waals surface area contributed by atoms with E-state index in [1.165, 1.54) is 25.6 Å². The molecule has 3 rings (SSSR count). The van der Waals surface area contributed by atoms with Gasteiger partial charge in [-0.3, -0.25) is 4.79 Å². The molecule has 0 aromatic carbocycles. The van der Waals surface area contributed by atoms with Crippen molar-refractivity contribution in [1.82, 2.24) is 25.1 Å². The molecule has 0 saturated heterocycles. The molecule has 0 spiro atoms. The third-order valence-corrected chi connectivity index (χ3v) is 4.32. The number of carbonyl (C=O) groups is 1. The van der Waals surface area contributed by atoms with Gasteiger partial charge in [-0.05, 0) is 13.0 Å². The molecular formula is C17H16ClF3N6O2. The van der Waals surface area contributed by atoms with Crippen LogP contribution in [-0.4, -0.2) is 45.9 Å². The highest BCUT2D eigenvalue weighted by Crippen LogP contribution is 2.38. The number of amides is 1. The second-order valence-corrected chi connectivity index (χ2v) is 6.27. The number of nitrogens with zero attached hydrogens (tertiary/aromatic N) is 4. The van der Waals surface area contributed by atoms with Gasteiger partial charge in [0, 0.05) is 28.9 Å². The Labute approximate surface area is 172 Å². The Morgan fingerprint density at radius 3 is 2.76 bits per heavy atom. The molecule has 1 amide bonds. The molecule has 0 aliphatic heterocycles. The first-order chi connectivity index (χ1) is 14.8. The largest absolute Gasteiger partial charge is 0.491 e. The van der Waals surface area contributed by atoms with Gasteiger partial charge in [0.15, 0.2) is 11.6 Å². The highest BCUT2D eigenvalue weighted by Gasteiger charge is 2.39. The van der Waals surface area contributed by atoms with E-state index < -0.39 is 25.1 Å². The molecule has 0 aliphatic carbocycles. The van der Waals surface area contributed by atoms with Crippen molar-refractivity contribution in [2.75, 3.05) is 19.4 Å². The van der Waals surface area contributed by atoms with Crippen LogP contribution in [0.3, 0.4) is 0 Å². The molecular weight excluding hydrogens is 413 g/mol. The maximum absolute atomic E-state index is 13.3. The number of pyridine rings is 2. The van der Waals surface area contributed by atoms with Gasteiger partial charge in [0.05, 0.1) is 24.6 Å². The Balaban J connectivity index is 2.10. The van der Waals surface area contributed by atoms with Crippen LogP contribution in [0.4, 0.5) is 24.7 Å². The number of rotatable bonds is 5. The molecule has 0 aliphatic rings. The van der Waals surface area contributed by atoms with Crippen molar-refractivity contribution < 1.29 is 26.8 Å². The molecule has 1 atom stereocenters. The topological polar surface area (TPSA) is 94.0 Å². The zero-order valence-electron chi connectivity index (χ0n) is 18.0. The summed E-state index contributed by atoms with van der Waals surface area (Å²) in [4.78, 5) is 20.3. The number of hydrogen-bond acceptors (Lipinski definition) is 6. The lowest BCUT2D eigenvalue weighted by molar-refractivity contribution is -0.164. The van der Waals surface area contributed by atoms with Gasteiger partial charge < -0.3 is 15.4 Å². The van der Waals surface area contributed by atoms with Crippen LogP contribution in [0.5, 0.6) is 5.75 Å². The number of fused-ring (bicyclic) bond motifs is 1. The van der Waals surface area contributed by atoms with E-state index in [-0.39, 0.29) is 38.9 Å². The lowest BCUT2D eigenvalue weighted by Gasteiger charge is -2.19. The second kappa shape index (κ2) is 7.74. The predicted octanol–water partition coefficient (Wildman–Crippen LogP) is 3.71. The first-order valence-corrected chi connectivity index (χ1v) is 8.41. The molecule has 3 aromatic heterocycles. The fourth-order valence-electron chi connectivity index (χ4n) is 2.63. The maximum Gasteiger partial charge on any atom is 0.410 e. The van der Waals surface area contributed by atoms with Gasteiger partial charge in [-0.2, -0.15) is 18.3 Å². The summed E-state index contributed by atoms with van der Waals surface area (Å²) in [6, 6.07) is -0.725. The summed E-state index contributed by atoms with van der Waals surface area (Å²) < 4.78 is 67.6. The first-order valence-electron chi connectivity index (χ1n) is 9.54. The van der Waals surface area contributed by atoms with Crippen molar-refractivity contribution >= 4 is 39.9 Å². The summed E-state index contributed by atoms with van der Waals surface area (Å²) in [6.45, 7) is -1.82. The van der Waals surface area contributed by atoms with Gasteiger partial charge in [0.25, 0.3) is 5.91 Å². The molecule has 3 aromatic rings. The SMILES string of the molecule is [2H]C([2H])([2H])NC(=O)c1cnc(Cl)cc1Nc1ncc2cnn(C(C)C(F)(F)F)c2c1OC. The summed E-state index contributed by atoms with van der Waals surface area (Å²) >= 11 is 5.90. The van der Waals surface area contributed by atoms with Crippen molar-refractivity contribution in [2.24, 2.45) is 0 Å². The molecule has 0 fully saturated rings. The summed E-state index contributed by atoms with van der Waals surface area (Å²) in [5.74, 6) is -1.11. The Morgan fingerprint density at radius 1 is 1.34 bits per heavy atom. The third-order valence-electron chi connectivity index (χ3n) is 4.11. The van der Waals surface area contributed by atoms with Crippen LogP contribution in [0.25, 0.3) is 10.9 Å². The van der Waals surface area contributed by atoms with Crippen LogP contribution < -0.4 is 15.4 Å². The number of ether oxygens (including phenoxy) is 1. The number of nitrogens with one attached hydrogen (secondary N) is 2. The average Bonchev–Trinajstić information content (AvgIpc) is 3.09. The lowest BCUT2D eigenvalue weighted by Crippen LogP contribution is -2.24. The van der Waals surface area contributed by atoms with Crippen LogP contribution in [0, 0.1) is 0 Å². The summed E-state index contributed by atoms with van der Waals surface area (Å²) in [5.41, 5.74) is -0.165. The van der Waals surface area contributed by atoms with E-state index in [0.29, 0.717) is 0 Å². The fourth-order valence-corrected chi connectivity index (χ4v) is 2.79. The van der Waals surface area contributed by atoms with Crippen LogP contribution in [0.15, 0.2) is 24.7 Å². The average molecular weight is 432 g/mol. The summed E-state index contributed by atoms with van der Waals surface area (Å²) in [5, 5.41) is 8.65. The van der Waals surface area contributed by atoms with Crippen molar-refractivity contribution in [3.05, 3.63) is 35.4 Å². The van der Waals surface area contributed by atoms with Crippen LogP contribution >= 0.6 is 11.6 Å². The van der Waals surface area contributed by atoms with Gasteiger partial charge in [-0.25, -0.2) is 14.6 Å². The summed E-state index contributed by atoms with van der Waals surface area (Å²) in [6.07, 6.45) is -1.03. The zero-order valence-corrected chi connectivity index (χ0v) is 15.8. The Kier molecular flexibility index (Phi) is 4.49. The number of hydrogen-bond donors (Lipinski definition) is 2. The van der Waals surface area contributed by atoms with E-state index in [9.17, 15) is 18.0 Å². The maximum atomic E-state index is 13.3. The van der Waals surface area contributed by atoms with E-state index in [4.69, 9.17) is 20.5 Å². The number of alkyl halides is 3. The monoisotopic (exact) mass is 431 g/mol. The first kappa shape index (κ1) is 16.8. The Morgan fingerprint density at radius 2 is 2.10 bits per heavy atom. The Hall–Kier alpha value is -3.08. The van der Waals surface area contributed by atoms with Gasteiger partial charge in [0.1, 0.15) is 16.7 Å². The number of halogens is 4. The van der Waals surface area contributed by atoms with Crippen LogP contribution in [0.1, 0.15) is 27.4 Å². The van der Waals surface area contributed by atoms with E-state index in [1.54, 1.807) is 0 Å². The second-order valence-electron chi connectivity index (χ2n) is 5.88. The minimum Gasteiger partial charge on any atom is -0.491 e. The molecule has 3 heterocycles.